The van der Waals surface area contributed by atoms with E-state index in [9.17, 15) is 28.8 Å². The van der Waals surface area contributed by atoms with Crippen LogP contribution in [0.2, 0.25) is 0 Å². The molecular formula is C39H51Cl3N6O6. The molecule has 0 aromatic heterocycles. The number of nitrogens with one attached hydrogen (secondary N) is 3. The predicted molar refractivity (Wildman–Crippen MR) is 217 cm³/mol. The molecule has 3 aromatic rings. The Kier molecular flexibility index (Phi) is 21.0. The van der Waals surface area contributed by atoms with Gasteiger partial charge in [0.2, 0.25) is 0 Å². The highest BCUT2D eigenvalue weighted by Gasteiger charge is 2.41. The third-order valence-corrected chi connectivity index (χ3v) is 8.75. The van der Waals surface area contributed by atoms with Crippen molar-refractivity contribution < 1.29 is 28.8 Å². The summed E-state index contributed by atoms with van der Waals surface area (Å²) in [4.78, 5) is 71.3. The topological polar surface area (TPSA) is 148 Å². The summed E-state index contributed by atoms with van der Waals surface area (Å²) >= 11 is 0. The average molecular weight is 806 g/mol. The molecule has 3 aliphatic heterocycles. The van der Waals surface area contributed by atoms with Gasteiger partial charge in [-0.15, -0.1) is 37.2 Å². The van der Waals surface area contributed by atoms with Crippen molar-refractivity contribution in [3.63, 3.8) is 0 Å². The quantitative estimate of drug-likeness (QED) is 0.170. The number of rotatable bonds is 12. The van der Waals surface area contributed by atoms with Crippen molar-refractivity contribution in [2.24, 2.45) is 17.8 Å². The number of carbonyl (C=O) groups excluding carboxylic acids is 6. The van der Waals surface area contributed by atoms with Crippen molar-refractivity contribution in [1.82, 2.24) is 16.3 Å². The molecule has 3 aromatic carbocycles. The highest BCUT2D eigenvalue weighted by Crippen LogP contribution is 2.25. The minimum Gasteiger partial charge on any atom is -0.272 e. The molecule has 3 fully saturated rings. The first-order valence-electron chi connectivity index (χ1n) is 17.8. The van der Waals surface area contributed by atoms with Gasteiger partial charge in [0, 0.05) is 0 Å². The van der Waals surface area contributed by atoms with Crippen LogP contribution in [0.1, 0.15) is 78.6 Å². The zero-order chi connectivity index (χ0) is 36.8. The predicted octanol–water partition coefficient (Wildman–Crippen LogP) is 6.88. The Hall–Kier alpha value is -4.65. The number of amides is 6. The maximum Gasteiger partial charge on any atom is 0.258 e. The molecule has 15 heteroatoms. The van der Waals surface area contributed by atoms with E-state index in [0.717, 1.165) is 38.5 Å². The number of unbranched alkanes of at least 4 members (excludes halogenated alkanes) is 3. The van der Waals surface area contributed by atoms with Crippen LogP contribution < -0.4 is 31.3 Å². The first kappa shape index (κ1) is 47.4. The van der Waals surface area contributed by atoms with Crippen molar-refractivity contribution in [3.05, 3.63) is 91.0 Å². The van der Waals surface area contributed by atoms with Crippen LogP contribution in [0.3, 0.4) is 0 Å². The molecule has 0 bridgehead atoms. The molecule has 12 nitrogen and oxygen atoms in total. The van der Waals surface area contributed by atoms with Gasteiger partial charge in [-0.1, -0.05) is 114 Å². The Morgan fingerprint density at radius 1 is 0.407 bits per heavy atom. The second-order valence-corrected chi connectivity index (χ2v) is 12.5. The van der Waals surface area contributed by atoms with Crippen LogP contribution >= 0.6 is 37.2 Å². The third kappa shape index (κ3) is 12.2. The summed E-state index contributed by atoms with van der Waals surface area (Å²) in [6, 6.07) is 27.5. The zero-order valence-electron chi connectivity index (χ0n) is 30.8. The lowest BCUT2D eigenvalue weighted by Gasteiger charge is -2.14. The fraction of sp³-hybridized carbons (Fsp3) is 0.385. The maximum absolute atomic E-state index is 12.1. The summed E-state index contributed by atoms with van der Waals surface area (Å²) in [7, 11) is 0. The van der Waals surface area contributed by atoms with Gasteiger partial charge >= 0.3 is 0 Å². The molecule has 0 aliphatic carbocycles. The van der Waals surface area contributed by atoms with E-state index in [1.165, 1.54) is 15.0 Å². The van der Waals surface area contributed by atoms with Crippen LogP contribution in [-0.4, -0.2) is 35.4 Å². The van der Waals surface area contributed by atoms with Gasteiger partial charge < -0.3 is 0 Å². The number of halogens is 3. The normalized spacial score (nSPS) is 18.5. The fourth-order valence-electron chi connectivity index (χ4n) is 5.83. The number of nitrogens with zero attached hydrogens (tertiary/aromatic N) is 3. The van der Waals surface area contributed by atoms with Crippen LogP contribution in [0.25, 0.3) is 0 Å². The molecule has 54 heavy (non-hydrogen) atoms. The van der Waals surface area contributed by atoms with Crippen LogP contribution in [0.5, 0.6) is 0 Å². The number of hydrogen-bond acceptors (Lipinski definition) is 6. The lowest BCUT2D eigenvalue weighted by Crippen LogP contribution is -2.35. The second kappa shape index (κ2) is 23.9. The van der Waals surface area contributed by atoms with Crippen molar-refractivity contribution in [2.45, 2.75) is 78.6 Å². The van der Waals surface area contributed by atoms with Gasteiger partial charge in [0.25, 0.3) is 35.4 Å². The van der Waals surface area contributed by atoms with Gasteiger partial charge in [-0.3, -0.25) is 45.0 Å². The molecule has 3 atom stereocenters. The number of para-hydroxylation sites is 3. The van der Waals surface area contributed by atoms with Gasteiger partial charge in [-0.05, 0) is 55.7 Å². The number of hydrogen-bond donors (Lipinski definition) is 3. The van der Waals surface area contributed by atoms with Crippen LogP contribution in [0, 0.1) is 17.8 Å². The van der Waals surface area contributed by atoms with Gasteiger partial charge in [-0.25, -0.2) is 15.0 Å². The van der Waals surface area contributed by atoms with Gasteiger partial charge in [-0.2, -0.15) is 0 Å². The van der Waals surface area contributed by atoms with E-state index in [4.69, 9.17) is 0 Å². The summed E-state index contributed by atoms with van der Waals surface area (Å²) in [6.07, 6.45) is 7.54. The van der Waals surface area contributed by atoms with E-state index in [2.05, 4.69) is 16.3 Å². The SMILES string of the molecule is CCCCC1C(=O)NN(c2ccccc2)C1=O.CCCCC1C(=O)NN(c2ccccc2)C1=O.CCCCC1C(=O)NN(c2ccccc2)C1=O.Cl.Cl.Cl. The Labute approximate surface area is 335 Å². The average Bonchev–Trinajstić information content (AvgIpc) is 3.73. The molecular weight excluding hydrogens is 755 g/mol. The van der Waals surface area contributed by atoms with E-state index in [-0.39, 0.29) is 72.7 Å². The number of hydrazine groups is 3. The maximum atomic E-state index is 12.1. The molecule has 0 radical (unpaired) electrons. The van der Waals surface area contributed by atoms with Crippen LogP contribution in [-0.2, 0) is 28.8 Å². The lowest BCUT2D eigenvalue weighted by molar-refractivity contribution is -0.129. The number of benzene rings is 3. The monoisotopic (exact) mass is 804 g/mol. The molecule has 0 saturated carbocycles. The van der Waals surface area contributed by atoms with Crippen molar-refractivity contribution in [2.75, 3.05) is 15.0 Å². The Bertz CT molecular complexity index is 1460. The standard InChI is InChI=1S/3C13H16N2O2.3ClH/c3*1-2-3-9-11-12(16)14-15(13(11)17)10-7-5-4-6-8-10;;;/h3*4-8,11H,2-3,9H2,1H3,(H,14,16);3*1H. The molecule has 3 N–H and O–H groups in total. The van der Waals surface area contributed by atoms with Gasteiger partial charge in [0.05, 0.1) is 17.1 Å². The van der Waals surface area contributed by atoms with Crippen LogP contribution in [0.4, 0.5) is 17.1 Å². The first-order valence-corrected chi connectivity index (χ1v) is 17.8. The van der Waals surface area contributed by atoms with Crippen molar-refractivity contribution in [1.29, 1.82) is 0 Å². The second-order valence-electron chi connectivity index (χ2n) is 12.5. The highest BCUT2D eigenvalue weighted by molar-refractivity contribution is 6.15. The summed E-state index contributed by atoms with van der Waals surface area (Å²) in [5, 5.41) is 4.05. The first-order chi connectivity index (χ1) is 24.7. The van der Waals surface area contributed by atoms with E-state index in [1.807, 2.05) is 75.4 Å². The van der Waals surface area contributed by atoms with Crippen molar-refractivity contribution >= 4 is 89.7 Å². The van der Waals surface area contributed by atoms with E-state index in [1.54, 1.807) is 36.4 Å². The summed E-state index contributed by atoms with van der Waals surface area (Å²) < 4.78 is 0. The molecule has 3 heterocycles. The highest BCUT2D eigenvalue weighted by atomic mass is 35.5. The molecule has 6 rings (SSSR count). The minimum atomic E-state index is -0.518. The molecule has 3 saturated heterocycles. The molecule has 0 spiro atoms. The number of carbonyl (C=O) groups is 6. The van der Waals surface area contributed by atoms with E-state index >= 15 is 0 Å². The van der Waals surface area contributed by atoms with E-state index in [0.29, 0.717) is 36.3 Å². The van der Waals surface area contributed by atoms with E-state index < -0.39 is 17.8 Å². The fourth-order valence-corrected chi connectivity index (χ4v) is 5.83. The van der Waals surface area contributed by atoms with Crippen LogP contribution in [0.15, 0.2) is 91.0 Å². The molecule has 294 valence electrons. The van der Waals surface area contributed by atoms with Gasteiger partial charge in [0.15, 0.2) is 0 Å². The summed E-state index contributed by atoms with van der Waals surface area (Å²) in [6.45, 7) is 6.14. The molecule has 6 amide bonds. The van der Waals surface area contributed by atoms with Gasteiger partial charge in [0.1, 0.15) is 17.8 Å². The minimum absolute atomic E-state index is 0. The Morgan fingerprint density at radius 3 is 0.833 bits per heavy atom. The molecule has 3 aliphatic rings. The third-order valence-electron chi connectivity index (χ3n) is 8.75. The molecule has 3 unspecified atom stereocenters. The van der Waals surface area contributed by atoms with Crippen molar-refractivity contribution in [3.8, 4) is 0 Å². The smallest absolute Gasteiger partial charge is 0.258 e. The summed E-state index contributed by atoms with van der Waals surface area (Å²) in [5.41, 5.74) is 10.0. The number of anilines is 3. The largest absolute Gasteiger partial charge is 0.272 e. The summed E-state index contributed by atoms with van der Waals surface area (Å²) in [5.74, 6) is -2.55. The zero-order valence-corrected chi connectivity index (χ0v) is 33.2. The Morgan fingerprint density at radius 2 is 0.630 bits per heavy atom. The lowest BCUT2D eigenvalue weighted by atomic mass is 10.0. The Balaban J connectivity index is 0.000000394.